The minimum Gasteiger partial charge on any atom is -0.759 e. The smallest absolute Gasteiger partial charge is 0.759 e. The van der Waals surface area contributed by atoms with Crippen molar-refractivity contribution in [2.75, 3.05) is 0 Å². The normalized spacial score (nSPS) is 8.29. The Morgan fingerprint density at radius 1 is 1.00 bits per heavy atom. The van der Waals surface area contributed by atoms with Crippen molar-refractivity contribution >= 4 is 62.1 Å². The summed E-state index contributed by atoms with van der Waals surface area (Å²) in [6, 6.07) is 0. The quantitative estimate of drug-likeness (QED) is 0.377. The molecule has 7 heteroatoms. The van der Waals surface area contributed by atoms with Gasteiger partial charge in [-0.15, -0.1) is 0 Å². The van der Waals surface area contributed by atoms with Crippen LogP contribution in [0.25, 0.3) is 0 Å². The first-order valence-electron chi connectivity index (χ1n) is 0.667. The second-order valence-electron chi connectivity index (χ2n) is 0.408. The van der Waals surface area contributed by atoms with Crippen LogP contribution in [0.15, 0.2) is 0 Å². The molecule has 0 unspecified atom stereocenters. The van der Waals surface area contributed by atoms with Crippen molar-refractivity contribution in [2.24, 2.45) is 0 Å². The van der Waals surface area contributed by atoms with E-state index in [0.29, 0.717) is 0 Å². The van der Waals surface area contributed by atoms with Gasteiger partial charge in [-0.3, -0.25) is 8.42 Å². The van der Waals surface area contributed by atoms with E-state index in [9.17, 15) is 0 Å². The van der Waals surface area contributed by atoms with E-state index in [0.717, 1.165) is 0 Å². The summed E-state index contributed by atoms with van der Waals surface area (Å²) < 4.78 is 34.1. The molecule has 4 radical (unpaired) electrons. The molecule has 0 saturated carbocycles. The molecule has 0 N–H and O–H groups in total. The Bertz CT molecular complexity index is 92.9. The Hall–Kier alpha value is 1.61. The van der Waals surface area contributed by atoms with Gasteiger partial charge in [-0.2, -0.15) is 0 Å². The van der Waals surface area contributed by atoms with Gasteiger partial charge in [0.25, 0.3) is 0 Å². The molecule has 0 atom stereocenters. The predicted octanol–water partition coefficient (Wildman–Crippen LogP) is -2.10. The summed E-state index contributed by atoms with van der Waals surface area (Å²) in [6.07, 6.45) is 0. The minimum absolute atomic E-state index is 0. The molecule has 0 fully saturated rings. The van der Waals surface area contributed by atoms with E-state index >= 15 is 0 Å². The van der Waals surface area contributed by atoms with Crippen LogP contribution in [-0.4, -0.2) is 69.2 Å². The molecule has 0 aliphatic carbocycles. The van der Waals surface area contributed by atoms with Gasteiger partial charge in [0.2, 0.25) is 0 Å². The largest absolute Gasteiger partial charge is 1.00 e. The van der Waals surface area contributed by atoms with Crippen molar-refractivity contribution < 1.29 is 17.5 Å². The number of hydrogen-bond acceptors (Lipinski definition) is 4. The van der Waals surface area contributed by atoms with Crippen LogP contribution in [0.1, 0.15) is 0 Å². The van der Waals surface area contributed by atoms with Gasteiger partial charge in [-0.1, -0.05) is 0 Å². The molecular weight excluding hydrogens is 326 g/mol. The fraction of sp³-hybridized carbons (Fsp3) is 0. The third-order valence-corrected chi connectivity index (χ3v) is 0. The van der Waals surface area contributed by atoms with Crippen molar-refractivity contribution in [3.05, 3.63) is 0 Å². The topological polar surface area (TPSA) is 80.3 Å². The van der Waals surface area contributed by atoms with E-state index in [1.807, 2.05) is 0 Å². The van der Waals surface area contributed by atoms with E-state index in [4.69, 9.17) is 17.5 Å². The summed E-state index contributed by atoms with van der Waals surface area (Å²) in [6.45, 7) is 0. The first kappa shape index (κ1) is 15.8. The summed E-state index contributed by atoms with van der Waals surface area (Å²) >= 11 is 0. The maximum absolute atomic E-state index is 8.52. The summed E-state index contributed by atoms with van der Waals surface area (Å²) in [5.41, 5.74) is 0. The summed E-state index contributed by atoms with van der Waals surface area (Å²) in [5.74, 6) is 0. The van der Waals surface area contributed by atoms with Crippen LogP contribution in [-0.2, 0) is 10.4 Å². The first-order chi connectivity index (χ1) is 2.00. The molecular formula is In2O4S. The van der Waals surface area contributed by atoms with Gasteiger partial charge >= 0.3 is 51.7 Å². The van der Waals surface area contributed by atoms with Gasteiger partial charge in [0.05, 0.1) is 0 Å². The molecule has 0 saturated heterocycles. The third-order valence-electron chi connectivity index (χ3n) is 0. The fourth-order valence-electron chi connectivity index (χ4n) is 0. The molecule has 0 aromatic rings. The van der Waals surface area contributed by atoms with Crippen molar-refractivity contribution in [1.29, 1.82) is 0 Å². The molecule has 0 aliphatic heterocycles. The Balaban J connectivity index is -0.0000000800. The SMILES string of the molecule is O=S(=O)([O-])[O-].[In+].[In+]. The zero-order valence-electron chi connectivity index (χ0n) is 3.20. The Kier molecular flexibility index (Phi) is 13.0. The zero-order valence-corrected chi connectivity index (χ0v) is 10.6. The molecule has 36 valence electrons. The monoisotopic (exact) mass is 326 g/mol. The second-order valence-corrected chi connectivity index (χ2v) is 1.22. The van der Waals surface area contributed by atoms with Gasteiger partial charge < -0.3 is 9.11 Å². The van der Waals surface area contributed by atoms with Gasteiger partial charge in [0.15, 0.2) is 0 Å². The summed E-state index contributed by atoms with van der Waals surface area (Å²) in [7, 11) is -5.17. The van der Waals surface area contributed by atoms with Gasteiger partial charge in [-0.05, 0) is 0 Å². The van der Waals surface area contributed by atoms with Crippen molar-refractivity contribution in [3.8, 4) is 0 Å². The van der Waals surface area contributed by atoms with E-state index in [-0.39, 0.29) is 51.7 Å². The molecule has 0 heterocycles. The van der Waals surface area contributed by atoms with Crippen LogP contribution >= 0.6 is 0 Å². The molecule has 0 rings (SSSR count). The van der Waals surface area contributed by atoms with Crippen molar-refractivity contribution in [3.63, 3.8) is 0 Å². The molecule has 0 aliphatic rings. The summed E-state index contributed by atoms with van der Waals surface area (Å²) in [5, 5.41) is 0. The Morgan fingerprint density at radius 3 is 1.00 bits per heavy atom. The third kappa shape index (κ3) is 92.4. The number of hydrogen-bond donors (Lipinski definition) is 0. The molecule has 7 heavy (non-hydrogen) atoms. The van der Waals surface area contributed by atoms with Crippen LogP contribution < -0.4 is 0 Å². The number of rotatable bonds is 0. The van der Waals surface area contributed by atoms with E-state index < -0.39 is 10.4 Å². The van der Waals surface area contributed by atoms with Crippen molar-refractivity contribution in [1.82, 2.24) is 0 Å². The van der Waals surface area contributed by atoms with E-state index in [1.165, 1.54) is 0 Å². The predicted molar refractivity (Wildman–Crippen MR) is 22.0 cm³/mol. The van der Waals surface area contributed by atoms with Crippen LogP contribution in [0.4, 0.5) is 0 Å². The molecule has 0 spiro atoms. The van der Waals surface area contributed by atoms with Crippen LogP contribution in [0.3, 0.4) is 0 Å². The van der Waals surface area contributed by atoms with E-state index in [2.05, 4.69) is 0 Å². The zero-order chi connectivity index (χ0) is 4.50. The fourth-order valence-corrected chi connectivity index (χ4v) is 0. The first-order valence-corrected chi connectivity index (χ1v) is 2.00. The molecule has 0 aromatic heterocycles. The van der Waals surface area contributed by atoms with Crippen LogP contribution in [0.2, 0.25) is 0 Å². The molecule has 4 nitrogen and oxygen atoms in total. The minimum atomic E-state index is -5.17. The molecule has 0 amide bonds. The maximum atomic E-state index is 8.52. The Labute approximate surface area is 78.8 Å². The second kappa shape index (κ2) is 5.74. The average molecular weight is 326 g/mol. The van der Waals surface area contributed by atoms with Gasteiger partial charge in [-0.25, -0.2) is 0 Å². The average Bonchev–Trinajstić information content (AvgIpc) is 0.722. The van der Waals surface area contributed by atoms with Crippen LogP contribution in [0, 0.1) is 0 Å². The van der Waals surface area contributed by atoms with Crippen molar-refractivity contribution in [2.45, 2.75) is 0 Å². The summed E-state index contributed by atoms with van der Waals surface area (Å²) in [4.78, 5) is 0. The maximum Gasteiger partial charge on any atom is 1.00 e. The van der Waals surface area contributed by atoms with Crippen LogP contribution in [0.5, 0.6) is 0 Å². The van der Waals surface area contributed by atoms with Gasteiger partial charge in [0, 0.05) is 10.4 Å². The van der Waals surface area contributed by atoms with Gasteiger partial charge in [0.1, 0.15) is 0 Å². The standard InChI is InChI=1S/2In.H2O4S/c;;1-5(2,3)4/h;;(H2,1,2,3,4)/q2*+1;/p-2. The Morgan fingerprint density at radius 2 is 1.00 bits per heavy atom. The van der Waals surface area contributed by atoms with E-state index in [1.54, 1.807) is 0 Å². The molecule has 0 aromatic carbocycles. The molecule has 0 bridgehead atoms.